The molecule has 4 aromatic carbocycles. The molecule has 2 aliphatic rings. The standard InChI is InChI=1S/C26H23NOSi2/c1-29-23-9-5-3-7-19(23)27-20-15-17(11-13-24(20)29)18-12-14-26-22(16-18)28-21-8-4-6-10-25(21)30(26)2/h3-16,27,29-30H,1-2H3/t29-,30+/m1/s1. The van der Waals surface area contributed by atoms with E-state index in [1.807, 2.05) is 0 Å². The molecular formula is C26H23NOSi2. The smallest absolute Gasteiger partial charge is 0.127 e. The number of benzene rings is 4. The first-order valence-electron chi connectivity index (χ1n) is 10.6. The normalized spacial score (nSPS) is 18.2. The summed E-state index contributed by atoms with van der Waals surface area (Å²) in [5.74, 6) is 2.06. The second-order valence-corrected chi connectivity index (χ2v) is 13.7. The highest BCUT2D eigenvalue weighted by atomic mass is 28.3. The van der Waals surface area contributed by atoms with Gasteiger partial charge in [-0.05, 0) is 56.1 Å². The highest BCUT2D eigenvalue weighted by molar-refractivity contribution is 6.87. The van der Waals surface area contributed by atoms with Crippen LogP contribution in [0.25, 0.3) is 11.1 Å². The van der Waals surface area contributed by atoms with E-state index in [-0.39, 0.29) is 0 Å². The summed E-state index contributed by atoms with van der Waals surface area (Å²) < 4.78 is 6.31. The molecule has 0 bridgehead atoms. The van der Waals surface area contributed by atoms with E-state index in [1.54, 1.807) is 0 Å². The summed E-state index contributed by atoms with van der Waals surface area (Å²) in [5.41, 5.74) is 4.98. The van der Waals surface area contributed by atoms with Crippen molar-refractivity contribution in [3.05, 3.63) is 84.9 Å². The fourth-order valence-electron chi connectivity index (χ4n) is 4.90. The third-order valence-electron chi connectivity index (χ3n) is 6.64. The van der Waals surface area contributed by atoms with Gasteiger partial charge >= 0.3 is 0 Å². The van der Waals surface area contributed by atoms with Gasteiger partial charge in [-0.2, -0.15) is 0 Å². The molecule has 6 rings (SSSR count). The van der Waals surface area contributed by atoms with Crippen LogP contribution in [0.5, 0.6) is 11.5 Å². The van der Waals surface area contributed by atoms with Gasteiger partial charge in [-0.25, -0.2) is 0 Å². The zero-order valence-corrected chi connectivity index (χ0v) is 19.5. The van der Waals surface area contributed by atoms with Crippen LogP contribution in [0.3, 0.4) is 0 Å². The molecule has 2 heterocycles. The molecule has 30 heavy (non-hydrogen) atoms. The van der Waals surface area contributed by atoms with Gasteiger partial charge in [-0.3, -0.25) is 0 Å². The minimum Gasteiger partial charge on any atom is -0.458 e. The zero-order chi connectivity index (χ0) is 20.2. The fourth-order valence-corrected chi connectivity index (χ4v) is 9.55. The van der Waals surface area contributed by atoms with Crippen molar-refractivity contribution in [1.82, 2.24) is 0 Å². The maximum Gasteiger partial charge on any atom is 0.127 e. The molecule has 0 saturated carbocycles. The number of fused-ring (bicyclic) bond motifs is 4. The summed E-state index contributed by atoms with van der Waals surface area (Å²) in [6, 6.07) is 30.9. The second-order valence-electron chi connectivity index (χ2n) is 8.35. The molecule has 0 fully saturated rings. The molecule has 2 atom stereocenters. The van der Waals surface area contributed by atoms with Crippen LogP contribution in [0, 0.1) is 0 Å². The van der Waals surface area contributed by atoms with Crippen molar-refractivity contribution in [3.8, 4) is 22.6 Å². The molecule has 4 heteroatoms. The lowest BCUT2D eigenvalue weighted by Gasteiger charge is -2.27. The van der Waals surface area contributed by atoms with Crippen LogP contribution in [0.4, 0.5) is 11.4 Å². The first-order chi connectivity index (χ1) is 14.7. The average Bonchev–Trinajstić information content (AvgIpc) is 2.79. The lowest BCUT2D eigenvalue weighted by Crippen LogP contribution is -2.45. The van der Waals surface area contributed by atoms with Gasteiger partial charge in [0.15, 0.2) is 0 Å². The Hall–Kier alpha value is -3.09. The maximum atomic E-state index is 6.31. The van der Waals surface area contributed by atoms with E-state index in [4.69, 9.17) is 4.74 Å². The van der Waals surface area contributed by atoms with Gasteiger partial charge in [0.05, 0.1) is 0 Å². The number of para-hydroxylation sites is 2. The van der Waals surface area contributed by atoms with Crippen LogP contribution in [0.1, 0.15) is 0 Å². The van der Waals surface area contributed by atoms with Gasteiger partial charge in [0.2, 0.25) is 0 Å². The molecule has 0 saturated heterocycles. The highest BCUT2D eigenvalue weighted by Gasteiger charge is 2.26. The fraction of sp³-hybridized carbons (Fsp3) is 0.0769. The Bertz CT molecular complexity index is 1200. The summed E-state index contributed by atoms with van der Waals surface area (Å²) in [7, 11) is -2.35. The van der Waals surface area contributed by atoms with Crippen molar-refractivity contribution in [3.63, 3.8) is 0 Å². The molecule has 0 radical (unpaired) electrons. The molecule has 4 aromatic rings. The van der Waals surface area contributed by atoms with Gasteiger partial charge < -0.3 is 10.1 Å². The van der Waals surface area contributed by atoms with Gasteiger partial charge in [0.1, 0.15) is 29.1 Å². The first-order valence-corrected chi connectivity index (χ1v) is 15.2. The summed E-state index contributed by atoms with van der Waals surface area (Å²) in [5, 5.41) is 9.45. The Morgan fingerprint density at radius 2 is 1.17 bits per heavy atom. The largest absolute Gasteiger partial charge is 0.458 e. The van der Waals surface area contributed by atoms with E-state index >= 15 is 0 Å². The van der Waals surface area contributed by atoms with Gasteiger partial charge in [-0.1, -0.05) is 73.8 Å². The first kappa shape index (κ1) is 17.7. The lowest BCUT2D eigenvalue weighted by molar-refractivity contribution is 0.487. The van der Waals surface area contributed by atoms with E-state index in [2.05, 4.69) is 103 Å². The monoisotopic (exact) mass is 421 g/mol. The Morgan fingerprint density at radius 3 is 2.03 bits per heavy atom. The number of rotatable bonds is 1. The molecule has 2 aliphatic heterocycles. The Balaban J connectivity index is 1.39. The van der Waals surface area contributed by atoms with Crippen LogP contribution in [-0.2, 0) is 0 Å². The number of ether oxygens (including phenoxy) is 1. The van der Waals surface area contributed by atoms with E-state index in [1.165, 1.54) is 43.2 Å². The number of anilines is 2. The molecule has 2 nitrogen and oxygen atoms in total. The van der Waals surface area contributed by atoms with E-state index < -0.39 is 17.6 Å². The third kappa shape index (κ3) is 2.68. The summed E-state index contributed by atoms with van der Waals surface area (Å²) in [4.78, 5) is 0. The Kier molecular flexibility index (Phi) is 3.98. The molecular weight excluding hydrogens is 398 g/mol. The minimum absolute atomic E-state index is 1.03. The van der Waals surface area contributed by atoms with Crippen LogP contribution in [-0.4, -0.2) is 17.6 Å². The molecule has 0 aromatic heterocycles. The molecule has 1 N–H and O–H groups in total. The number of hydrogen-bond acceptors (Lipinski definition) is 2. The Labute approximate surface area is 180 Å². The van der Waals surface area contributed by atoms with Gasteiger partial charge in [-0.15, -0.1) is 0 Å². The number of nitrogens with one attached hydrogen (secondary N) is 1. The highest BCUT2D eigenvalue weighted by Crippen LogP contribution is 2.31. The van der Waals surface area contributed by atoms with Gasteiger partial charge in [0, 0.05) is 11.4 Å². The molecule has 0 amide bonds. The van der Waals surface area contributed by atoms with Crippen molar-refractivity contribution >= 4 is 49.7 Å². The summed E-state index contributed by atoms with van der Waals surface area (Å²) >= 11 is 0. The molecule has 0 aliphatic carbocycles. The summed E-state index contributed by atoms with van der Waals surface area (Å²) in [6.45, 7) is 4.82. The topological polar surface area (TPSA) is 21.3 Å². The molecule has 146 valence electrons. The van der Waals surface area contributed by atoms with Crippen LogP contribution in [0.2, 0.25) is 13.1 Å². The van der Waals surface area contributed by atoms with Gasteiger partial charge in [0.25, 0.3) is 0 Å². The van der Waals surface area contributed by atoms with Crippen molar-refractivity contribution in [2.45, 2.75) is 13.1 Å². The van der Waals surface area contributed by atoms with Crippen molar-refractivity contribution in [2.75, 3.05) is 5.32 Å². The number of hydrogen-bond donors (Lipinski definition) is 1. The van der Waals surface area contributed by atoms with E-state index in [0.29, 0.717) is 0 Å². The third-order valence-corrected chi connectivity index (χ3v) is 12.3. The predicted octanol–water partition coefficient (Wildman–Crippen LogP) is 3.46. The minimum atomic E-state index is -1.20. The van der Waals surface area contributed by atoms with Crippen LogP contribution >= 0.6 is 0 Å². The van der Waals surface area contributed by atoms with E-state index in [9.17, 15) is 0 Å². The zero-order valence-electron chi connectivity index (χ0n) is 17.1. The molecule has 0 unspecified atom stereocenters. The van der Waals surface area contributed by atoms with Crippen molar-refractivity contribution in [1.29, 1.82) is 0 Å². The molecule has 0 spiro atoms. The Morgan fingerprint density at radius 1 is 0.567 bits per heavy atom. The van der Waals surface area contributed by atoms with Crippen LogP contribution in [0.15, 0.2) is 84.9 Å². The van der Waals surface area contributed by atoms with Crippen molar-refractivity contribution in [2.24, 2.45) is 0 Å². The van der Waals surface area contributed by atoms with Crippen molar-refractivity contribution < 1.29 is 4.74 Å². The summed E-state index contributed by atoms with van der Waals surface area (Å²) in [6.07, 6.45) is 0. The maximum absolute atomic E-state index is 6.31. The second kappa shape index (κ2) is 6.72. The quantitative estimate of drug-likeness (QED) is 0.475. The average molecular weight is 422 g/mol. The predicted molar refractivity (Wildman–Crippen MR) is 133 cm³/mol. The SMILES string of the molecule is C[Si@@H]1c2ccccc2Nc2cc(-c3ccc4c(c3)Oc3ccccc3[Si@@H]4C)ccc21. The lowest BCUT2D eigenvalue weighted by atomic mass is 10.0. The van der Waals surface area contributed by atoms with E-state index in [0.717, 1.165) is 11.5 Å². The van der Waals surface area contributed by atoms with Crippen LogP contribution < -0.4 is 30.8 Å².